The number of methoxy groups -OCH3 is 1. The lowest BCUT2D eigenvalue weighted by atomic mass is 10.2. The minimum atomic E-state index is -0.134. The van der Waals surface area contributed by atoms with Gasteiger partial charge in [0.15, 0.2) is 0 Å². The molecule has 0 unspecified atom stereocenters. The average Bonchev–Trinajstić information content (AvgIpc) is 3.02. The van der Waals surface area contributed by atoms with E-state index in [1.165, 1.54) is 0 Å². The quantitative estimate of drug-likeness (QED) is 0.801. The van der Waals surface area contributed by atoms with Crippen molar-refractivity contribution in [2.75, 3.05) is 64.4 Å². The highest BCUT2D eigenvalue weighted by Crippen LogP contribution is 2.30. The zero-order valence-corrected chi connectivity index (χ0v) is 15.0. The number of rotatable bonds is 5. The molecule has 0 atom stereocenters. The standard InChI is InChI=1S/C18H26N4O3/c1-3-19-8-10-20(11-9-19)17(23)14-21-12-13-22(18(21)24)15-6-4-5-7-16(15)25-2/h4-7H,3,8-14H2,1-2H3. The predicted molar refractivity (Wildman–Crippen MR) is 96.0 cm³/mol. The smallest absolute Gasteiger partial charge is 0.325 e. The lowest BCUT2D eigenvalue weighted by Gasteiger charge is -2.34. The Kier molecular flexibility index (Phi) is 5.43. The van der Waals surface area contributed by atoms with Crippen LogP contribution in [0.4, 0.5) is 10.5 Å². The molecule has 2 heterocycles. The van der Waals surface area contributed by atoms with E-state index in [4.69, 9.17) is 4.74 Å². The molecular formula is C18H26N4O3. The molecule has 0 aliphatic carbocycles. The first-order valence-corrected chi connectivity index (χ1v) is 8.83. The molecule has 0 radical (unpaired) electrons. The van der Waals surface area contributed by atoms with Crippen LogP contribution in [0.1, 0.15) is 6.92 Å². The largest absolute Gasteiger partial charge is 0.495 e. The van der Waals surface area contributed by atoms with Crippen LogP contribution >= 0.6 is 0 Å². The third kappa shape index (κ3) is 3.71. The molecule has 0 saturated carbocycles. The Morgan fingerprint density at radius 2 is 1.80 bits per heavy atom. The molecule has 2 aliphatic rings. The SMILES string of the molecule is CCN1CCN(C(=O)CN2CCN(c3ccccc3OC)C2=O)CC1. The fourth-order valence-electron chi connectivity index (χ4n) is 3.38. The Morgan fingerprint density at radius 3 is 2.48 bits per heavy atom. The van der Waals surface area contributed by atoms with E-state index >= 15 is 0 Å². The van der Waals surface area contributed by atoms with Crippen molar-refractivity contribution in [3.05, 3.63) is 24.3 Å². The summed E-state index contributed by atoms with van der Waals surface area (Å²) in [6, 6.07) is 7.33. The van der Waals surface area contributed by atoms with Gasteiger partial charge in [-0.3, -0.25) is 9.69 Å². The van der Waals surface area contributed by atoms with Crippen LogP contribution in [0.5, 0.6) is 5.75 Å². The van der Waals surface area contributed by atoms with Crippen LogP contribution in [0.15, 0.2) is 24.3 Å². The molecule has 136 valence electrons. The molecule has 2 fully saturated rings. The summed E-state index contributed by atoms with van der Waals surface area (Å²) < 4.78 is 5.35. The first kappa shape index (κ1) is 17.5. The molecule has 7 heteroatoms. The van der Waals surface area contributed by atoms with Gasteiger partial charge >= 0.3 is 6.03 Å². The molecule has 2 saturated heterocycles. The van der Waals surface area contributed by atoms with Gasteiger partial charge in [-0.2, -0.15) is 0 Å². The Bertz CT molecular complexity index is 629. The number of ether oxygens (including phenoxy) is 1. The van der Waals surface area contributed by atoms with Crippen LogP contribution in [-0.2, 0) is 4.79 Å². The molecule has 0 spiro atoms. The first-order valence-electron chi connectivity index (χ1n) is 8.83. The number of hydrogen-bond acceptors (Lipinski definition) is 4. The molecule has 3 rings (SSSR count). The topological polar surface area (TPSA) is 56.3 Å². The molecule has 1 aromatic rings. The summed E-state index contributed by atoms with van der Waals surface area (Å²) in [6.07, 6.45) is 0. The van der Waals surface area contributed by atoms with Crippen LogP contribution in [0.25, 0.3) is 0 Å². The average molecular weight is 346 g/mol. The highest BCUT2D eigenvalue weighted by Gasteiger charge is 2.33. The van der Waals surface area contributed by atoms with Gasteiger partial charge in [-0.1, -0.05) is 19.1 Å². The van der Waals surface area contributed by atoms with Crippen molar-refractivity contribution in [2.24, 2.45) is 0 Å². The fraction of sp³-hybridized carbons (Fsp3) is 0.556. The first-order chi connectivity index (χ1) is 12.1. The second kappa shape index (κ2) is 7.74. The second-order valence-electron chi connectivity index (χ2n) is 6.34. The van der Waals surface area contributed by atoms with Gasteiger partial charge in [0.2, 0.25) is 5.91 Å². The summed E-state index contributed by atoms with van der Waals surface area (Å²) in [6.45, 7) is 7.71. The number of carbonyl (C=O) groups is 2. The Balaban J connectivity index is 1.60. The van der Waals surface area contributed by atoms with Crippen molar-refractivity contribution in [3.8, 4) is 5.75 Å². The molecule has 1 aromatic carbocycles. The molecule has 2 aliphatic heterocycles. The molecule has 0 aromatic heterocycles. The number of piperazine rings is 1. The Hall–Kier alpha value is -2.28. The lowest BCUT2D eigenvalue weighted by molar-refractivity contribution is -0.133. The van der Waals surface area contributed by atoms with Gasteiger partial charge in [-0.05, 0) is 18.7 Å². The number of likely N-dealkylation sites (N-methyl/N-ethyl adjacent to an activating group) is 1. The fourth-order valence-corrected chi connectivity index (χ4v) is 3.38. The van der Waals surface area contributed by atoms with Gasteiger partial charge < -0.3 is 19.4 Å². The van der Waals surface area contributed by atoms with Crippen molar-refractivity contribution in [3.63, 3.8) is 0 Å². The van der Waals surface area contributed by atoms with Gasteiger partial charge in [0.1, 0.15) is 12.3 Å². The monoisotopic (exact) mass is 346 g/mol. The van der Waals surface area contributed by atoms with E-state index in [2.05, 4.69) is 11.8 Å². The van der Waals surface area contributed by atoms with Crippen molar-refractivity contribution in [1.29, 1.82) is 0 Å². The number of amides is 3. The van der Waals surface area contributed by atoms with Gasteiger partial charge in [-0.15, -0.1) is 0 Å². The van der Waals surface area contributed by atoms with E-state index in [0.717, 1.165) is 38.4 Å². The number of benzene rings is 1. The van der Waals surface area contributed by atoms with Crippen LogP contribution in [-0.4, -0.2) is 86.1 Å². The zero-order chi connectivity index (χ0) is 17.8. The summed E-state index contributed by atoms with van der Waals surface area (Å²) >= 11 is 0. The van der Waals surface area contributed by atoms with Crippen molar-refractivity contribution in [1.82, 2.24) is 14.7 Å². The maximum atomic E-state index is 12.7. The van der Waals surface area contributed by atoms with Crippen LogP contribution in [0.3, 0.4) is 0 Å². The van der Waals surface area contributed by atoms with E-state index in [9.17, 15) is 9.59 Å². The van der Waals surface area contributed by atoms with Crippen LogP contribution in [0.2, 0.25) is 0 Å². The van der Waals surface area contributed by atoms with Crippen molar-refractivity contribution in [2.45, 2.75) is 6.92 Å². The van der Waals surface area contributed by atoms with Gasteiger partial charge in [0.25, 0.3) is 0 Å². The van der Waals surface area contributed by atoms with Gasteiger partial charge in [0, 0.05) is 39.3 Å². The molecule has 7 nitrogen and oxygen atoms in total. The minimum absolute atomic E-state index is 0.0333. The molecule has 3 amide bonds. The van der Waals surface area contributed by atoms with E-state index < -0.39 is 0 Å². The minimum Gasteiger partial charge on any atom is -0.495 e. The normalized spacial score (nSPS) is 18.8. The van der Waals surface area contributed by atoms with Crippen molar-refractivity contribution < 1.29 is 14.3 Å². The number of carbonyl (C=O) groups excluding carboxylic acids is 2. The van der Waals surface area contributed by atoms with E-state index in [-0.39, 0.29) is 18.5 Å². The number of urea groups is 1. The van der Waals surface area contributed by atoms with Gasteiger partial charge in [0.05, 0.1) is 12.8 Å². The third-order valence-corrected chi connectivity index (χ3v) is 4.97. The number of nitrogens with zero attached hydrogens (tertiary/aromatic N) is 4. The number of hydrogen-bond donors (Lipinski definition) is 0. The summed E-state index contributed by atoms with van der Waals surface area (Å²) in [5.41, 5.74) is 0.751. The molecule has 25 heavy (non-hydrogen) atoms. The highest BCUT2D eigenvalue weighted by atomic mass is 16.5. The summed E-state index contributed by atoms with van der Waals surface area (Å²) in [5, 5.41) is 0. The maximum Gasteiger partial charge on any atom is 0.325 e. The zero-order valence-electron chi connectivity index (χ0n) is 15.0. The summed E-state index contributed by atoms with van der Waals surface area (Å²) in [5.74, 6) is 0.700. The Morgan fingerprint density at radius 1 is 1.08 bits per heavy atom. The Labute approximate surface area is 148 Å². The highest BCUT2D eigenvalue weighted by molar-refractivity contribution is 5.97. The number of para-hydroxylation sites is 2. The second-order valence-corrected chi connectivity index (χ2v) is 6.34. The van der Waals surface area contributed by atoms with E-state index in [1.807, 2.05) is 29.2 Å². The third-order valence-electron chi connectivity index (χ3n) is 4.97. The van der Waals surface area contributed by atoms with Crippen LogP contribution < -0.4 is 9.64 Å². The van der Waals surface area contributed by atoms with E-state index in [0.29, 0.717) is 18.8 Å². The predicted octanol–water partition coefficient (Wildman–Crippen LogP) is 1.10. The summed E-state index contributed by atoms with van der Waals surface area (Å²) in [7, 11) is 1.59. The van der Waals surface area contributed by atoms with E-state index in [1.54, 1.807) is 16.9 Å². The molecular weight excluding hydrogens is 320 g/mol. The lowest BCUT2D eigenvalue weighted by Crippen LogP contribution is -2.51. The summed E-state index contributed by atoms with van der Waals surface area (Å²) in [4.78, 5) is 32.7. The molecule has 0 bridgehead atoms. The van der Waals surface area contributed by atoms with Crippen LogP contribution in [0, 0.1) is 0 Å². The number of anilines is 1. The van der Waals surface area contributed by atoms with Gasteiger partial charge in [-0.25, -0.2) is 4.79 Å². The van der Waals surface area contributed by atoms with Crippen molar-refractivity contribution >= 4 is 17.6 Å². The maximum absolute atomic E-state index is 12.7. The molecule has 0 N–H and O–H groups in total.